The predicted molar refractivity (Wildman–Crippen MR) is 139 cm³/mol. The van der Waals surface area contributed by atoms with Crippen molar-refractivity contribution in [1.29, 1.82) is 0 Å². The molecule has 3 aromatic heterocycles. The minimum Gasteiger partial charge on any atom is -0.457 e. The van der Waals surface area contributed by atoms with Crippen LogP contribution in [0.4, 0.5) is 0 Å². The van der Waals surface area contributed by atoms with Crippen molar-refractivity contribution in [2.24, 2.45) is 11.8 Å². The molecule has 0 radical (unpaired) electrons. The minimum absolute atomic E-state index is 0.373. The summed E-state index contributed by atoms with van der Waals surface area (Å²) in [5.74, 6) is 3.73. The number of H-pyrrole nitrogens is 1. The zero-order valence-electron chi connectivity index (χ0n) is 20.1. The fourth-order valence-corrected chi connectivity index (χ4v) is 6.15. The first-order valence-corrected chi connectivity index (χ1v) is 12.7. The number of hydrogen-bond donors (Lipinski definition) is 1. The predicted octanol–water partition coefficient (Wildman–Crippen LogP) is 5.46. The number of piperidine rings is 1. The number of hydrogen-bond acceptors (Lipinski definition) is 6. The topological polar surface area (TPSA) is 84.8 Å². The lowest BCUT2D eigenvalue weighted by molar-refractivity contribution is 0.192. The highest BCUT2D eigenvalue weighted by atomic mass is 35.5. The number of imidazole rings is 1. The molecule has 182 valence electrons. The van der Waals surface area contributed by atoms with Crippen LogP contribution in [0.1, 0.15) is 18.7 Å². The van der Waals surface area contributed by atoms with Gasteiger partial charge in [-0.2, -0.15) is 5.10 Å². The van der Waals surface area contributed by atoms with Gasteiger partial charge in [-0.15, -0.1) is 0 Å². The molecule has 2 bridgehead atoms. The smallest absolute Gasteiger partial charge is 0.156 e. The molecule has 1 saturated carbocycles. The van der Waals surface area contributed by atoms with Crippen molar-refractivity contribution < 1.29 is 4.74 Å². The van der Waals surface area contributed by atoms with Crippen molar-refractivity contribution in [3.63, 3.8) is 0 Å². The van der Waals surface area contributed by atoms with Gasteiger partial charge >= 0.3 is 0 Å². The van der Waals surface area contributed by atoms with Gasteiger partial charge in [-0.25, -0.2) is 15.0 Å². The van der Waals surface area contributed by atoms with Gasteiger partial charge in [-0.05, 0) is 62.9 Å². The van der Waals surface area contributed by atoms with Crippen LogP contribution in [0.3, 0.4) is 0 Å². The summed E-state index contributed by atoms with van der Waals surface area (Å²) < 4.78 is 8.16. The molecule has 36 heavy (non-hydrogen) atoms. The van der Waals surface area contributed by atoms with Crippen LogP contribution in [0, 0.1) is 18.8 Å². The highest BCUT2D eigenvalue weighted by Crippen LogP contribution is 2.42. The minimum atomic E-state index is 0.373. The van der Waals surface area contributed by atoms with Gasteiger partial charge in [0.25, 0.3) is 0 Å². The molecule has 9 heteroatoms. The maximum absolute atomic E-state index is 6.55. The second-order valence-corrected chi connectivity index (χ2v) is 10.5. The summed E-state index contributed by atoms with van der Waals surface area (Å²) >= 11 is 6.55. The summed E-state index contributed by atoms with van der Waals surface area (Å²) in [7, 11) is 2.24. The second-order valence-electron chi connectivity index (χ2n) is 10.2. The first-order chi connectivity index (χ1) is 17.5. The Morgan fingerprint density at radius 3 is 2.67 bits per heavy atom. The molecule has 4 heterocycles. The number of aromatic nitrogens is 6. The van der Waals surface area contributed by atoms with Gasteiger partial charge in [0.2, 0.25) is 0 Å². The quantitative estimate of drug-likeness (QED) is 0.345. The molecule has 3 unspecified atom stereocenters. The van der Waals surface area contributed by atoms with E-state index in [1.165, 1.54) is 19.4 Å². The molecule has 7 rings (SSSR count). The van der Waals surface area contributed by atoms with Crippen LogP contribution in [0.2, 0.25) is 5.15 Å². The fraction of sp³-hybridized carbons (Fsp3) is 0.333. The maximum atomic E-state index is 6.55. The van der Waals surface area contributed by atoms with E-state index in [4.69, 9.17) is 21.3 Å². The Morgan fingerprint density at radius 1 is 1.03 bits per heavy atom. The average Bonchev–Trinajstić information content (AvgIpc) is 3.63. The van der Waals surface area contributed by atoms with E-state index in [9.17, 15) is 0 Å². The summed E-state index contributed by atoms with van der Waals surface area (Å²) in [6.45, 7) is 4.07. The maximum Gasteiger partial charge on any atom is 0.156 e. The number of nitrogens with one attached hydrogen (secondary N) is 1. The van der Waals surface area contributed by atoms with Gasteiger partial charge in [0.15, 0.2) is 5.15 Å². The number of halogens is 1. The van der Waals surface area contributed by atoms with Crippen molar-refractivity contribution in [2.75, 3.05) is 13.6 Å². The van der Waals surface area contributed by atoms with Gasteiger partial charge in [0.1, 0.15) is 23.0 Å². The number of fused-ring (bicyclic) bond motifs is 4. The lowest BCUT2D eigenvalue weighted by atomic mass is 9.95. The first kappa shape index (κ1) is 21.8. The Labute approximate surface area is 213 Å². The van der Waals surface area contributed by atoms with Crippen LogP contribution in [0.5, 0.6) is 11.5 Å². The third-order valence-corrected chi connectivity index (χ3v) is 7.95. The number of ether oxygens (including phenoxy) is 1. The molecule has 1 aliphatic carbocycles. The molecule has 1 saturated heterocycles. The van der Waals surface area contributed by atoms with Crippen LogP contribution < -0.4 is 4.74 Å². The Kier molecular flexibility index (Phi) is 5.01. The highest BCUT2D eigenvalue weighted by Gasteiger charge is 2.42. The molecule has 0 amide bonds. The third kappa shape index (κ3) is 3.81. The molecule has 2 aromatic carbocycles. The van der Waals surface area contributed by atoms with Crippen molar-refractivity contribution in [1.82, 2.24) is 34.6 Å². The molecular weight excluding hydrogens is 474 g/mol. The Balaban J connectivity index is 1.14. The van der Waals surface area contributed by atoms with E-state index in [-0.39, 0.29) is 0 Å². The third-order valence-electron chi connectivity index (χ3n) is 7.69. The standard InChI is InChI=1S/C27H26ClN7O/c1-15-30-22-5-3-20(9-24(22)31-15)36-21-4-6-23-25(10-21)32-26(27(28)33-23)18-11-29-35(14-18)13-17-8-19-7-16(17)12-34(19)2/h3-6,9-11,14,16-17,19H,7-8,12-13H2,1-2H3,(H,30,31). The van der Waals surface area contributed by atoms with Crippen LogP contribution in [-0.4, -0.2) is 54.3 Å². The molecule has 5 aromatic rings. The first-order valence-electron chi connectivity index (χ1n) is 12.3. The van der Waals surface area contributed by atoms with E-state index in [2.05, 4.69) is 32.0 Å². The average molecular weight is 500 g/mol. The summed E-state index contributed by atoms with van der Waals surface area (Å²) in [4.78, 5) is 19.6. The highest BCUT2D eigenvalue weighted by molar-refractivity contribution is 6.32. The van der Waals surface area contributed by atoms with Gasteiger partial charge in [-0.3, -0.25) is 4.68 Å². The summed E-state index contributed by atoms with van der Waals surface area (Å²) in [5, 5.41) is 5.00. The van der Waals surface area contributed by atoms with Crippen molar-refractivity contribution in [3.05, 3.63) is 59.8 Å². The van der Waals surface area contributed by atoms with Gasteiger partial charge in [0.05, 0.1) is 28.3 Å². The molecular formula is C27H26ClN7O. The fourth-order valence-electron chi connectivity index (χ4n) is 5.91. The zero-order chi connectivity index (χ0) is 24.4. The van der Waals surface area contributed by atoms with Gasteiger partial charge in [0, 0.05) is 43.0 Å². The van der Waals surface area contributed by atoms with Crippen LogP contribution >= 0.6 is 11.6 Å². The molecule has 3 atom stereocenters. The summed E-state index contributed by atoms with van der Waals surface area (Å²) in [5.41, 5.74) is 4.80. The molecule has 2 aliphatic rings. The van der Waals surface area contributed by atoms with E-state index in [0.717, 1.165) is 46.7 Å². The lowest BCUT2D eigenvalue weighted by Gasteiger charge is -2.28. The summed E-state index contributed by atoms with van der Waals surface area (Å²) in [6.07, 6.45) is 6.45. The summed E-state index contributed by atoms with van der Waals surface area (Å²) in [6, 6.07) is 12.2. The number of nitrogens with zero attached hydrogens (tertiary/aromatic N) is 6. The zero-order valence-corrected chi connectivity index (χ0v) is 20.9. The van der Waals surface area contributed by atoms with Crippen LogP contribution in [-0.2, 0) is 6.54 Å². The monoisotopic (exact) mass is 499 g/mol. The van der Waals surface area contributed by atoms with E-state index in [0.29, 0.717) is 33.5 Å². The van der Waals surface area contributed by atoms with E-state index in [1.807, 2.05) is 60.4 Å². The lowest BCUT2D eigenvalue weighted by Crippen LogP contribution is -2.33. The molecule has 1 aliphatic heterocycles. The Bertz CT molecular complexity index is 1610. The normalized spacial score (nSPS) is 21.7. The van der Waals surface area contributed by atoms with E-state index in [1.54, 1.807) is 0 Å². The number of rotatable bonds is 5. The molecule has 1 N–H and O–H groups in total. The molecule has 0 spiro atoms. The Hall–Kier alpha value is -3.49. The van der Waals surface area contributed by atoms with E-state index < -0.39 is 0 Å². The number of aromatic amines is 1. The Morgan fingerprint density at radius 2 is 1.86 bits per heavy atom. The van der Waals surface area contributed by atoms with Gasteiger partial charge in [-0.1, -0.05) is 11.6 Å². The van der Waals surface area contributed by atoms with E-state index >= 15 is 0 Å². The van der Waals surface area contributed by atoms with Crippen molar-refractivity contribution in [3.8, 4) is 22.8 Å². The largest absolute Gasteiger partial charge is 0.457 e. The van der Waals surface area contributed by atoms with Crippen LogP contribution in [0.15, 0.2) is 48.8 Å². The SMILES string of the molecule is Cc1nc2ccc(Oc3ccc4nc(Cl)c(-c5cnn(CC6CC7CC6CN7C)c5)nc4c3)cc2[nH]1. The number of likely N-dealkylation sites (tertiary alicyclic amines) is 1. The van der Waals surface area contributed by atoms with Gasteiger partial charge < -0.3 is 14.6 Å². The number of aryl methyl sites for hydroxylation is 1. The van der Waals surface area contributed by atoms with Crippen LogP contribution in [0.25, 0.3) is 33.3 Å². The van der Waals surface area contributed by atoms with Crippen molar-refractivity contribution in [2.45, 2.75) is 32.4 Å². The van der Waals surface area contributed by atoms with Crippen molar-refractivity contribution >= 4 is 33.7 Å². The molecule has 2 fully saturated rings. The molecule has 8 nitrogen and oxygen atoms in total. The number of benzene rings is 2. The second kappa shape index (κ2) is 8.28.